The van der Waals surface area contributed by atoms with Gasteiger partial charge in [0.15, 0.2) is 0 Å². The van der Waals surface area contributed by atoms with Crippen molar-refractivity contribution in [3.63, 3.8) is 0 Å². The van der Waals surface area contributed by atoms with Gasteiger partial charge < -0.3 is 10.4 Å². The van der Waals surface area contributed by atoms with Crippen LogP contribution in [0.3, 0.4) is 0 Å². The fourth-order valence-corrected chi connectivity index (χ4v) is 2.71. The Morgan fingerprint density at radius 3 is 2.24 bits per heavy atom. The molecule has 0 unspecified atom stereocenters. The Morgan fingerprint density at radius 1 is 1.12 bits per heavy atom. The number of thioether (sulfide) groups is 1. The first-order chi connectivity index (χ1) is 11.6. The molecular formula is C15H8BrF4NO3S. The number of carboxylic acids is 1. The predicted octanol–water partition coefficient (Wildman–Crippen LogP) is 5.15. The first kappa shape index (κ1) is 19.3. The quantitative estimate of drug-likeness (QED) is 0.512. The van der Waals surface area contributed by atoms with Crippen molar-refractivity contribution < 1.29 is 32.3 Å². The molecule has 0 saturated heterocycles. The van der Waals surface area contributed by atoms with E-state index in [1.807, 2.05) is 0 Å². The Balaban J connectivity index is 2.23. The van der Waals surface area contributed by atoms with Gasteiger partial charge >= 0.3 is 11.5 Å². The van der Waals surface area contributed by atoms with Crippen molar-refractivity contribution in [2.24, 2.45) is 0 Å². The molecular weight excluding hydrogens is 430 g/mol. The third-order valence-corrected chi connectivity index (χ3v) is 4.24. The lowest BCUT2D eigenvalue weighted by molar-refractivity contribution is -0.0328. The molecule has 0 aliphatic carbocycles. The molecule has 0 aliphatic rings. The van der Waals surface area contributed by atoms with E-state index in [0.717, 1.165) is 36.4 Å². The SMILES string of the molecule is O=C(Nc1cc(F)c(Br)cc1C(=O)O)c1ccc(SC(F)(F)F)cc1. The van der Waals surface area contributed by atoms with Gasteiger partial charge in [-0.1, -0.05) is 0 Å². The number of benzene rings is 2. The maximum absolute atomic E-state index is 13.6. The van der Waals surface area contributed by atoms with Gasteiger partial charge in [-0.25, -0.2) is 9.18 Å². The third kappa shape index (κ3) is 5.20. The first-order valence-electron chi connectivity index (χ1n) is 6.46. The number of hydrogen-bond donors (Lipinski definition) is 2. The maximum atomic E-state index is 13.6. The Labute approximate surface area is 151 Å². The summed E-state index contributed by atoms with van der Waals surface area (Å²) in [7, 11) is 0. The van der Waals surface area contributed by atoms with Crippen molar-refractivity contribution in [2.75, 3.05) is 5.32 Å². The molecule has 132 valence electrons. The summed E-state index contributed by atoms with van der Waals surface area (Å²) in [5, 5.41) is 11.3. The van der Waals surface area contributed by atoms with Gasteiger partial charge in [0.25, 0.3) is 5.91 Å². The normalized spacial score (nSPS) is 11.2. The number of anilines is 1. The minimum atomic E-state index is -4.45. The summed E-state index contributed by atoms with van der Waals surface area (Å²) in [6, 6.07) is 6.34. The summed E-state index contributed by atoms with van der Waals surface area (Å²) >= 11 is 2.52. The highest BCUT2D eigenvalue weighted by Crippen LogP contribution is 2.36. The Hall–Kier alpha value is -2.07. The molecule has 4 nitrogen and oxygen atoms in total. The fraction of sp³-hybridized carbons (Fsp3) is 0.0667. The number of nitrogens with one attached hydrogen (secondary N) is 1. The van der Waals surface area contributed by atoms with E-state index in [2.05, 4.69) is 21.2 Å². The number of carboxylic acid groups (broad SMARTS) is 1. The van der Waals surface area contributed by atoms with Crippen LogP contribution < -0.4 is 5.32 Å². The predicted molar refractivity (Wildman–Crippen MR) is 87.4 cm³/mol. The summed E-state index contributed by atoms with van der Waals surface area (Å²) in [5.74, 6) is -2.95. The van der Waals surface area contributed by atoms with Crippen LogP contribution in [0.15, 0.2) is 45.8 Å². The second kappa shape index (κ2) is 7.44. The van der Waals surface area contributed by atoms with Gasteiger partial charge in [0.1, 0.15) is 5.82 Å². The maximum Gasteiger partial charge on any atom is 0.446 e. The highest BCUT2D eigenvalue weighted by atomic mass is 79.9. The van der Waals surface area contributed by atoms with Crippen molar-refractivity contribution in [1.29, 1.82) is 0 Å². The van der Waals surface area contributed by atoms with Crippen LogP contribution >= 0.6 is 27.7 Å². The minimum absolute atomic E-state index is 0.00816. The summed E-state index contributed by atoms with van der Waals surface area (Å²) < 4.78 is 50.3. The number of alkyl halides is 3. The molecule has 2 rings (SSSR count). The molecule has 0 radical (unpaired) electrons. The number of rotatable bonds is 4. The highest BCUT2D eigenvalue weighted by Gasteiger charge is 2.29. The second-order valence-corrected chi connectivity index (χ2v) is 6.64. The van der Waals surface area contributed by atoms with E-state index >= 15 is 0 Å². The van der Waals surface area contributed by atoms with E-state index in [1.165, 1.54) is 0 Å². The molecule has 0 aromatic heterocycles. The van der Waals surface area contributed by atoms with Gasteiger partial charge in [0, 0.05) is 10.5 Å². The number of carbonyl (C=O) groups excluding carboxylic acids is 1. The van der Waals surface area contributed by atoms with Gasteiger partial charge in [-0.05, 0) is 64.1 Å². The van der Waals surface area contributed by atoms with E-state index in [9.17, 15) is 27.2 Å². The van der Waals surface area contributed by atoms with Crippen LogP contribution in [0, 0.1) is 5.82 Å². The lowest BCUT2D eigenvalue weighted by atomic mass is 10.1. The van der Waals surface area contributed by atoms with Crippen molar-refractivity contribution in [2.45, 2.75) is 10.4 Å². The Kier molecular flexibility index (Phi) is 5.73. The molecule has 2 N–H and O–H groups in total. The smallest absolute Gasteiger partial charge is 0.446 e. The van der Waals surface area contributed by atoms with Gasteiger partial charge in [-0.15, -0.1) is 0 Å². The van der Waals surface area contributed by atoms with E-state index in [0.29, 0.717) is 0 Å². The second-order valence-electron chi connectivity index (χ2n) is 4.64. The molecule has 1 amide bonds. The molecule has 0 aliphatic heterocycles. The zero-order valence-corrected chi connectivity index (χ0v) is 14.4. The molecule has 10 heteroatoms. The third-order valence-electron chi connectivity index (χ3n) is 2.89. The van der Waals surface area contributed by atoms with E-state index in [-0.39, 0.29) is 37.9 Å². The molecule has 2 aromatic rings. The standard InChI is InChI=1S/C15H8BrF4NO3S/c16-10-5-9(14(23)24)12(6-11(10)17)21-13(22)7-1-3-8(4-2-7)25-15(18,19)20/h1-6H,(H,21,22)(H,23,24). The van der Waals surface area contributed by atoms with Crippen molar-refractivity contribution >= 4 is 45.3 Å². The van der Waals surface area contributed by atoms with Crippen molar-refractivity contribution in [3.05, 3.63) is 57.8 Å². The molecule has 25 heavy (non-hydrogen) atoms. The van der Waals surface area contributed by atoms with Crippen LogP contribution in [0.1, 0.15) is 20.7 Å². The first-order valence-corrected chi connectivity index (χ1v) is 8.07. The zero-order valence-electron chi connectivity index (χ0n) is 12.0. The molecule has 0 saturated carbocycles. The van der Waals surface area contributed by atoms with Crippen LogP contribution in [-0.4, -0.2) is 22.5 Å². The number of amides is 1. The van der Waals surface area contributed by atoms with Crippen LogP contribution in [0.2, 0.25) is 0 Å². The van der Waals surface area contributed by atoms with Crippen LogP contribution in [-0.2, 0) is 0 Å². The lowest BCUT2D eigenvalue weighted by Gasteiger charge is -2.10. The summed E-state index contributed by atoms with van der Waals surface area (Å²) in [6.45, 7) is 0. The van der Waals surface area contributed by atoms with Crippen molar-refractivity contribution in [1.82, 2.24) is 0 Å². The number of carbonyl (C=O) groups is 2. The number of halogens is 5. The topological polar surface area (TPSA) is 66.4 Å². The molecule has 2 aromatic carbocycles. The number of aromatic carboxylic acids is 1. The molecule has 0 fully saturated rings. The van der Waals surface area contributed by atoms with Crippen LogP contribution in [0.4, 0.5) is 23.2 Å². The molecule has 0 atom stereocenters. The zero-order chi connectivity index (χ0) is 18.8. The van der Waals surface area contributed by atoms with E-state index < -0.39 is 23.2 Å². The minimum Gasteiger partial charge on any atom is -0.478 e. The van der Waals surface area contributed by atoms with Gasteiger partial charge in [0.2, 0.25) is 0 Å². The average molecular weight is 438 g/mol. The number of hydrogen-bond acceptors (Lipinski definition) is 3. The average Bonchev–Trinajstić information content (AvgIpc) is 2.49. The molecule has 0 bridgehead atoms. The van der Waals surface area contributed by atoms with Crippen LogP contribution in [0.5, 0.6) is 0 Å². The Bertz CT molecular complexity index is 825. The van der Waals surface area contributed by atoms with Crippen LogP contribution in [0.25, 0.3) is 0 Å². The van der Waals surface area contributed by atoms with Gasteiger partial charge in [0.05, 0.1) is 15.7 Å². The van der Waals surface area contributed by atoms with Gasteiger partial charge in [-0.2, -0.15) is 13.2 Å². The van der Waals surface area contributed by atoms with Gasteiger partial charge in [-0.3, -0.25) is 4.79 Å². The summed E-state index contributed by atoms with van der Waals surface area (Å²) in [4.78, 5) is 23.2. The Morgan fingerprint density at radius 2 is 1.72 bits per heavy atom. The lowest BCUT2D eigenvalue weighted by Crippen LogP contribution is -2.15. The monoisotopic (exact) mass is 437 g/mol. The van der Waals surface area contributed by atoms with Crippen molar-refractivity contribution in [3.8, 4) is 0 Å². The van der Waals surface area contributed by atoms with E-state index in [4.69, 9.17) is 5.11 Å². The largest absolute Gasteiger partial charge is 0.478 e. The highest BCUT2D eigenvalue weighted by molar-refractivity contribution is 9.10. The van der Waals surface area contributed by atoms with E-state index in [1.54, 1.807) is 0 Å². The fourth-order valence-electron chi connectivity index (χ4n) is 1.83. The summed E-state index contributed by atoms with van der Waals surface area (Å²) in [6.07, 6.45) is 0. The molecule has 0 heterocycles. The summed E-state index contributed by atoms with van der Waals surface area (Å²) in [5.41, 5.74) is -5.07. The molecule has 0 spiro atoms.